The molecule has 0 amide bonds. The number of nitrogens with one attached hydrogen (secondary N) is 1. The number of hydrogen-bond acceptors (Lipinski definition) is 2. The average molecular weight is 306 g/mol. The number of likely N-dealkylation sites (N-methyl/N-ethyl adjacent to an activating group) is 1. The lowest BCUT2D eigenvalue weighted by Gasteiger charge is -2.21. The van der Waals surface area contributed by atoms with Crippen LogP contribution in [0.1, 0.15) is 37.3 Å². The van der Waals surface area contributed by atoms with Gasteiger partial charge >= 0.3 is 0 Å². The van der Waals surface area contributed by atoms with Gasteiger partial charge in [-0.2, -0.15) is 0 Å². The molecule has 2 fully saturated rings. The Morgan fingerprint density at radius 3 is 2.90 bits per heavy atom. The lowest BCUT2D eigenvalue weighted by molar-refractivity contribution is 0.347. The Labute approximate surface area is 132 Å². The largest absolute Gasteiger partial charge is 0.493 e. The van der Waals surface area contributed by atoms with Gasteiger partial charge in [-0.15, -0.1) is 0 Å². The molecule has 1 aromatic carbocycles. The second kappa shape index (κ2) is 5.48. The zero-order chi connectivity index (χ0) is 14.4. The molecule has 0 spiro atoms. The van der Waals surface area contributed by atoms with E-state index in [0.717, 1.165) is 54.5 Å². The number of rotatable bonds is 5. The van der Waals surface area contributed by atoms with E-state index < -0.39 is 0 Å². The third kappa shape index (κ3) is 2.47. The van der Waals surface area contributed by atoms with Crippen molar-refractivity contribution in [3.05, 3.63) is 28.3 Å². The van der Waals surface area contributed by atoms with E-state index in [1.807, 2.05) is 0 Å². The molecule has 4 rings (SSSR count). The van der Waals surface area contributed by atoms with E-state index in [0.29, 0.717) is 6.04 Å². The van der Waals surface area contributed by atoms with Crippen LogP contribution in [0, 0.1) is 17.8 Å². The van der Waals surface area contributed by atoms with E-state index in [-0.39, 0.29) is 0 Å². The molecule has 2 nitrogen and oxygen atoms in total. The van der Waals surface area contributed by atoms with Crippen LogP contribution in [0.4, 0.5) is 0 Å². The van der Waals surface area contributed by atoms with Gasteiger partial charge in [-0.05, 0) is 66.8 Å². The predicted molar refractivity (Wildman–Crippen MR) is 86.1 cm³/mol. The molecule has 2 aliphatic carbocycles. The molecule has 3 unspecified atom stereocenters. The van der Waals surface area contributed by atoms with Gasteiger partial charge in [-0.3, -0.25) is 0 Å². The highest BCUT2D eigenvalue weighted by molar-refractivity contribution is 6.30. The molecule has 114 valence electrons. The zero-order valence-corrected chi connectivity index (χ0v) is 13.5. The molecule has 1 N–H and O–H groups in total. The maximum atomic E-state index is 6.30. The molecule has 2 saturated carbocycles. The molecule has 0 radical (unpaired) electrons. The van der Waals surface area contributed by atoms with Gasteiger partial charge in [0.25, 0.3) is 0 Å². The van der Waals surface area contributed by atoms with Crippen LogP contribution in [0.15, 0.2) is 12.1 Å². The summed E-state index contributed by atoms with van der Waals surface area (Å²) in [4.78, 5) is 0. The SMILES string of the molecule is CCNC(Cc1cc(Cl)cc2c1OCC2)C1C2CCCC21. The molecular weight excluding hydrogens is 282 g/mol. The van der Waals surface area contributed by atoms with Crippen molar-refractivity contribution < 1.29 is 4.74 Å². The minimum absolute atomic E-state index is 0.595. The lowest BCUT2D eigenvalue weighted by Crippen LogP contribution is -2.34. The van der Waals surface area contributed by atoms with Gasteiger partial charge in [-0.1, -0.05) is 24.9 Å². The lowest BCUT2D eigenvalue weighted by atomic mass is 9.95. The monoisotopic (exact) mass is 305 g/mol. The van der Waals surface area contributed by atoms with E-state index >= 15 is 0 Å². The predicted octanol–water partition coefficient (Wildman–Crippen LogP) is 3.84. The van der Waals surface area contributed by atoms with Crippen LogP contribution < -0.4 is 10.1 Å². The summed E-state index contributed by atoms with van der Waals surface area (Å²) in [7, 11) is 0. The summed E-state index contributed by atoms with van der Waals surface area (Å²) in [6, 6.07) is 4.78. The Morgan fingerprint density at radius 2 is 2.14 bits per heavy atom. The Bertz CT molecular complexity index is 534. The van der Waals surface area contributed by atoms with Crippen molar-refractivity contribution in [2.45, 2.75) is 45.1 Å². The normalized spacial score (nSPS) is 30.7. The molecule has 0 aromatic heterocycles. The minimum Gasteiger partial charge on any atom is -0.493 e. The number of halogens is 1. The molecule has 1 aliphatic heterocycles. The van der Waals surface area contributed by atoms with Crippen LogP contribution in [0.2, 0.25) is 5.02 Å². The van der Waals surface area contributed by atoms with Gasteiger partial charge in [0, 0.05) is 17.5 Å². The first kappa shape index (κ1) is 13.9. The molecule has 3 atom stereocenters. The van der Waals surface area contributed by atoms with Gasteiger partial charge in [-0.25, -0.2) is 0 Å². The molecule has 21 heavy (non-hydrogen) atoms. The Kier molecular flexibility index (Phi) is 3.63. The number of ether oxygens (including phenoxy) is 1. The molecule has 0 bridgehead atoms. The van der Waals surface area contributed by atoms with E-state index in [1.54, 1.807) is 0 Å². The van der Waals surface area contributed by atoms with Crippen molar-refractivity contribution in [2.75, 3.05) is 13.2 Å². The number of benzene rings is 1. The van der Waals surface area contributed by atoms with Crippen LogP contribution in [-0.2, 0) is 12.8 Å². The van der Waals surface area contributed by atoms with Crippen molar-refractivity contribution >= 4 is 11.6 Å². The summed E-state index contributed by atoms with van der Waals surface area (Å²) in [6.45, 7) is 4.07. The van der Waals surface area contributed by atoms with E-state index in [2.05, 4.69) is 24.4 Å². The summed E-state index contributed by atoms with van der Waals surface area (Å²) in [5.74, 6) is 3.98. The van der Waals surface area contributed by atoms with Crippen molar-refractivity contribution in [1.29, 1.82) is 0 Å². The fourth-order valence-corrected chi connectivity index (χ4v) is 5.08. The van der Waals surface area contributed by atoms with Crippen LogP contribution in [0.5, 0.6) is 5.75 Å². The molecule has 3 heteroatoms. The quantitative estimate of drug-likeness (QED) is 0.892. The maximum Gasteiger partial charge on any atom is 0.125 e. The van der Waals surface area contributed by atoms with Crippen molar-refractivity contribution in [2.24, 2.45) is 17.8 Å². The molecular formula is C18H24ClNO. The van der Waals surface area contributed by atoms with E-state index in [9.17, 15) is 0 Å². The summed E-state index contributed by atoms with van der Waals surface area (Å²) in [5.41, 5.74) is 2.61. The third-order valence-electron chi connectivity index (χ3n) is 5.67. The highest BCUT2D eigenvalue weighted by atomic mass is 35.5. The Hall–Kier alpha value is -0.730. The first-order chi connectivity index (χ1) is 10.3. The van der Waals surface area contributed by atoms with Crippen LogP contribution >= 0.6 is 11.6 Å². The molecule has 3 aliphatic rings. The Morgan fingerprint density at radius 1 is 1.33 bits per heavy atom. The van der Waals surface area contributed by atoms with Crippen molar-refractivity contribution in [3.8, 4) is 5.75 Å². The number of fused-ring (bicyclic) bond motifs is 2. The molecule has 1 aromatic rings. The standard InChI is InChI=1S/C18H24ClNO/c1-2-20-16(17-14-4-3-5-15(14)17)10-12-9-13(19)8-11-6-7-21-18(11)12/h8-9,14-17,20H,2-7,10H2,1H3. The third-order valence-corrected chi connectivity index (χ3v) is 5.89. The first-order valence-electron chi connectivity index (χ1n) is 8.45. The topological polar surface area (TPSA) is 21.3 Å². The second-order valence-corrected chi connectivity index (χ2v) is 7.29. The van der Waals surface area contributed by atoms with Gasteiger partial charge in [0.1, 0.15) is 5.75 Å². The first-order valence-corrected chi connectivity index (χ1v) is 8.83. The van der Waals surface area contributed by atoms with Crippen molar-refractivity contribution in [3.63, 3.8) is 0 Å². The van der Waals surface area contributed by atoms with E-state index in [1.165, 1.54) is 30.4 Å². The smallest absolute Gasteiger partial charge is 0.125 e. The maximum absolute atomic E-state index is 6.30. The summed E-state index contributed by atoms with van der Waals surface area (Å²) < 4.78 is 5.87. The second-order valence-electron chi connectivity index (χ2n) is 6.86. The Balaban J connectivity index is 1.56. The molecule has 0 saturated heterocycles. The average Bonchev–Trinajstić information content (AvgIpc) is 2.84. The fraction of sp³-hybridized carbons (Fsp3) is 0.667. The zero-order valence-electron chi connectivity index (χ0n) is 12.7. The van der Waals surface area contributed by atoms with Crippen LogP contribution in [-0.4, -0.2) is 19.2 Å². The van der Waals surface area contributed by atoms with Gasteiger partial charge in [0.05, 0.1) is 6.61 Å². The fourth-order valence-electron chi connectivity index (χ4n) is 4.81. The summed E-state index contributed by atoms with van der Waals surface area (Å²) in [5, 5.41) is 4.60. The van der Waals surface area contributed by atoms with Gasteiger partial charge in [0.15, 0.2) is 0 Å². The molecule has 1 heterocycles. The summed E-state index contributed by atoms with van der Waals surface area (Å²) in [6.07, 6.45) is 6.40. The highest BCUT2D eigenvalue weighted by Gasteiger charge is 2.55. The van der Waals surface area contributed by atoms with Crippen LogP contribution in [0.25, 0.3) is 0 Å². The van der Waals surface area contributed by atoms with Crippen molar-refractivity contribution in [1.82, 2.24) is 5.32 Å². The van der Waals surface area contributed by atoms with Gasteiger partial charge in [0.2, 0.25) is 0 Å². The summed E-state index contributed by atoms with van der Waals surface area (Å²) >= 11 is 6.30. The minimum atomic E-state index is 0.595. The number of hydrogen-bond donors (Lipinski definition) is 1. The van der Waals surface area contributed by atoms with E-state index in [4.69, 9.17) is 16.3 Å². The van der Waals surface area contributed by atoms with Gasteiger partial charge < -0.3 is 10.1 Å². The van der Waals surface area contributed by atoms with Crippen LogP contribution in [0.3, 0.4) is 0 Å². The highest BCUT2D eigenvalue weighted by Crippen LogP contribution is 2.59.